The third-order valence-corrected chi connectivity index (χ3v) is 3.30. The first-order valence-electron chi connectivity index (χ1n) is 6.27. The molecule has 3 N–H and O–H groups in total. The second-order valence-corrected chi connectivity index (χ2v) is 4.91. The molecule has 1 aliphatic heterocycles. The van der Waals surface area contributed by atoms with Gasteiger partial charge >= 0.3 is 0 Å². The van der Waals surface area contributed by atoms with Gasteiger partial charge in [-0.3, -0.25) is 4.79 Å². The van der Waals surface area contributed by atoms with E-state index in [9.17, 15) is 4.79 Å². The van der Waals surface area contributed by atoms with Crippen LogP contribution >= 0.6 is 0 Å². The van der Waals surface area contributed by atoms with Crippen LogP contribution in [0.4, 0.5) is 0 Å². The average Bonchev–Trinajstić information content (AvgIpc) is 2.27. The summed E-state index contributed by atoms with van der Waals surface area (Å²) in [6, 6.07) is -0.0323. The maximum absolute atomic E-state index is 11.9. The minimum absolute atomic E-state index is 0.0323. The van der Waals surface area contributed by atoms with Crippen LogP contribution in [0.5, 0.6) is 0 Å². The van der Waals surface area contributed by atoms with Crippen LogP contribution in [0.25, 0.3) is 0 Å². The quantitative estimate of drug-likeness (QED) is 0.642. The van der Waals surface area contributed by atoms with E-state index in [-0.39, 0.29) is 18.6 Å². The van der Waals surface area contributed by atoms with Gasteiger partial charge in [-0.1, -0.05) is 13.8 Å². The van der Waals surface area contributed by atoms with Crippen LogP contribution in [0.2, 0.25) is 0 Å². The van der Waals surface area contributed by atoms with E-state index in [0.29, 0.717) is 18.4 Å². The summed E-state index contributed by atoms with van der Waals surface area (Å²) in [5, 5.41) is 15.0. The van der Waals surface area contributed by atoms with Crippen molar-refractivity contribution >= 4 is 5.91 Å². The molecule has 1 fully saturated rings. The van der Waals surface area contributed by atoms with Crippen LogP contribution in [0.15, 0.2) is 0 Å². The summed E-state index contributed by atoms with van der Waals surface area (Å²) in [6.07, 6.45) is 3.02. The van der Waals surface area contributed by atoms with E-state index >= 15 is 0 Å². The number of hydrogen-bond acceptors (Lipinski definition) is 3. The molecule has 4 nitrogen and oxygen atoms in total. The smallest absolute Gasteiger partial charge is 0.237 e. The standard InChI is InChI=1S/C12H24N2O2/c1-9(5-7-15)8-14-12(16)11-10(2)4-3-6-13-11/h9-11,13,15H,3-8H2,1-2H3,(H,14,16). The highest BCUT2D eigenvalue weighted by Crippen LogP contribution is 2.15. The number of aliphatic hydroxyl groups is 1. The van der Waals surface area contributed by atoms with Gasteiger partial charge in [0, 0.05) is 13.2 Å². The van der Waals surface area contributed by atoms with Crippen molar-refractivity contribution in [1.82, 2.24) is 10.6 Å². The lowest BCUT2D eigenvalue weighted by atomic mass is 9.92. The maximum Gasteiger partial charge on any atom is 0.237 e. The van der Waals surface area contributed by atoms with Gasteiger partial charge in [0.05, 0.1) is 6.04 Å². The summed E-state index contributed by atoms with van der Waals surface area (Å²) in [4.78, 5) is 11.9. The fourth-order valence-electron chi connectivity index (χ4n) is 2.11. The van der Waals surface area contributed by atoms with E-state index in [1.54, 1.807) is 0 Å². The molecule has 3 unspecified atom stereocenters. The highest BCUT2D eigenvalue weighted by atomic mass is 16.3. The molecule has 3 atom stereocenters. The van der Waals surface area contributed by atoms with E-state index in [1.807, 2.05) is 6.92 Å². The molecule has 94 valence electrons. The minimum atomic E-state index is -0.0323. The predicted octanol–water partition coefficient (Wildman–Crippen LogP) is 0.509. The Kier molecular flexibility index (Phi) is 5.77. The molecule has 0 bridgehead atoms. The zero-order valence-electron chi connectivity index (χ0n) is 10.3. The molecule has 1 amide bonds. The van der Waals surface area contributed by atoms with Gasteiger partial charge in [-0.05, 0) is 37.6 Å². The lowest BCUT2D eigenvalue weighted by Gasteiger charge is -2.29. The number of nitrogens with one attached hydrogen (secondary N) is 2. The summed E-state index contributed by atoms with van der Waals surface area (Å²) < 4.78 is 0. The normalized spacial score (nSPS) is 27.4. The number of amides is 1. The monoisotopic (exact) mass is 228 g/mol. The van der Waals surface area contributed by atoms with E-state index < -0.39 is 0 Å². The summed E-state index contributed by atoms with van der Waals surface area (Å²) in [5.41, 5.74) is 0. The lowest BCUT2D eigenvalue weighted by Crippen LogP contribution is -2.51. The Morgan fingerprint density at radius 3 is 3.00 bits per heavy atom. The topological polar surface area (TPSA) is 61.4 Å². The molecule has 16 heavy (non-hydrogen) atoms. The first-order chi connectivity index (χ1) is 7.65. The molecule has 0 aromatic heterocycles. The Bertz CT molecular complexity index is 221. The number of hydrogen-bond donors (Lipinski definition) is 3. The highest BCUT2D eigenvalue weighted by Gasteiger charge is 2.27. The molecule has 1 aliphatic rings. The Morgan fingerprint density at radius 1 is 1.62 bits per heavy atom. The Balaban J connectivity index is 2.28. The molecular formula is C12H24N2O2. The molecule has 4 heteroatoms. The summed E-state index contributed by atoms with van der Waals surface area (Å²) in [6.45, 7) is 5.94. The Hall–Kier alpha value is -0.610. The molecule has 1 heterocycles. The second-order valence-electron chi connectivity index (χ2n) is 4.91. The summed E-state index contributed by atoms with van der Waals surface area (Å²) in [7, 11) is 0. The Morgan fingerprint density at radius 2 is 2.38 bits per heavy atom. The fourth-order valence-corrected chi connectivity index (χ4v) is 2.11. The van der Waals surface area contributed by atoms with Crippen LogP contribution < -0.4 is 10.6 Å². The van der Waals surface area contributed by atoms with Crippen LogP contribution in [0, 0.1) is 11.8 Å². The molecule has 1 rings (SSSR count). The molecule has 0 spiro atoms. The van der Waals surface area contributed by atoms with Gasteiger partial charge in [0.25, 0.3) is 0 Å². The number of carbonyl (C=O) groups excluding carboxylic acids is 1. The highest BCUT2D eigenvalue weighted by molar-refractivity contribution is 5.82. The predicted molar refractivity (Wildman–Crippen MR) is 64.1 cm³/mol. The van der Waals surface area contributed by atoms with Crippen LogP contribution in [0.3, 0.4) is 0 Å². The van der Waals surface area contributed by atoms with E-state index in [2.05, 4.69) is 17.6 Å². The molecule has 0 aromatic carbocycles. The molecule has 0 aromatic rings. The zero-order chi connectivity index (χ0) is 12.0. The largest absolute Gasteiger partial charge is 0.396 e. The minimum Gasteiger partial charge on any atom is -0.396 e. The van der Waals surface area contributed by atoms with Crippen LogP contribution in [-0.2, 0) is 4.79 Å². The summed E-state index contributed by atoms with van der Waals surface area (Å²) in [5.74, 6) is 0.867. The van der Waals surface area contributed by atoms with Gasteiger partial charge < -0.3 is 15.7 Å². The van der Waals surface area contributed by atoms with Gasteiger partial charge in [0.2, 0.25) is 5.91 Å². The SMILES string of the molecule is CC(CCO)CNC(=O)C1NCCCC1C. The third-order valence-electron chi connectivity index (χ3n) is 3.30. The molecule has 1 saturated heterocycles. The molecule has 0 radical (unpaired) electrons. The van der Waals surface area contributed by atoms with Crippen molar-refractivity contribution in [2.24, 2.45) is 11.8 Å². The van der Waals surface area contributed by atoms with Gasteiger partial charge in [0.15, 0.2) is 0 Å². The van der Waals surface area contributed by atoms with Gasteiger partial charge in [-0.2, -0.15) is 0 Å². The summed E-state index contributed by atoms with van der Waals surface area (Å²) >= 11 is 0. The third kappa shape index (κ3) is 4.10. The van der Waals surface area contributed by atoms with Crippen LogP contribution in [0.1, 0.15) is 33.1 Å². The number of rotatable bonds is 5. The van der Waals surface area contributed by atoms with E-state index in [0.717, 1.165) is 25.8 Å². The van der Waals surface area contributed by atoms with Gasteiger partial charge in [-0.15, -0.1) is 0 Å². The lowest BCUT2D eigenvalue weighted by molar-refractivity contribution is -0.125. The second kappa shape index (κ2) is 6.86. The fraction of sp³-hybridized carbons (Fsp3) is 0.917. The number of carbonyl (C=O) groups is 1. The number of piperidine rings is 1. The van der Waals surface area contributed by atoms with E-state index in [1.165, 1.54) is 0 Å². The average molecular weight is 228 g/mol. The van der Waals surface area contributed by atoms with Crippen molar-refractivity contribution in [3.05, 3.63) is 0 Å². The van der Waals surface area contributed by atoms with Crippen molar-refractivity contribution in [1.29, 1.82) is 0 Å². The number of aliphatic hydroxyl groups excluding tert-OH is 1. The molecule has 0 aliphatic carbocycles. The first kappa shape index (κ1) is 13.5. The van der Waals surface area contributed by atoms with Gasteiger partial charge in [-0.25, -0.2) is 0 Å². The van der Waals surface area contributed by atoms with Crippen molar-refractivity contribution in [3.63, 3.8) is 0 Å². The van der Waals surface area contributed by atoms with E-state index in [4.69, 9.17) is 5.11 Å². The zero-order valence-corrected chi connectivity index (χ0v) is 10.3. The Labute approximate surface area is 97.8 Å². The molecular weight excluding hydrogens is 204 g/mol. The van der Waals surface area contributed by atoms with Crippen LogP contribution in [-0.4, -0.2) is 36.8 Å². The van der Waals surface area contributed by atoms with Gasteiger partial charge in [0.1, 0.15) is 0 Å². The van der Waals surface area contributed by atoms with Crippen molar-refractivity contribution in [2.45, 2.75) is 39.2 Å². The molecule has 0 saturated carbocycles. The van der Waals surface area contributed by atoms with Crippen molar-refractivity contribution in [3.8, 4) is 0 Å². The maximum atomic E-state index is 11.9. The van der Waals surface area contributed by atoms with Crippen molar-refractivity contribution in [2.75, 3.05) is 19.7 Å². The first-order valence-corrected chi connectivity index (χ1v) is 6.27. The van der Waals surface area contributed by atoms with Crippen molar-refractivity contribution < 1.29 is 9.90 Å².